The molecule has 130 valence electrons. The van der Waals surface area contributed by atoms with Crippen LogP contribution in [0.25, 0.3) is 6.08 Å². The highest BCUT2D eigenvalue weighted by Gasteiger charge is 2.42. The Morgan fingerprint density at radius 1 is 0.960 bits per heavy atom. The summed E-state index contributed by atoms with van der Waals surface area (Å²) in [6.07, 6.45) is -4.20. The molecule has 3 nitrogen and oxygen atoms in total. The summed E-state index contributed by atoms with van der Waals surface area (Å²) in [5.41, 5.74) is 0.220. The third kappa shape index (κ3) is 4.56. The highest BCUT2D eigenvalue weighted by Crippen LogP contribution is 2.25. The Morgan fingerprint density at radius 2 is 1.52 bits per heavy atom. The van der Waals surface area contributed by atoms with E-state index in [9.17, 15) is 22.8 Å². The summed E-state index contributed by atoms with van der Waals surface area (Å²) in [6, 6.07) is 11.9. The van der Waals surface area contributed by atoms with Gasteiger partial charge in [-0.2, -0.15) is 13.2 Å². The predicted octanol–water partition coefficient (Wildman–Crippen LogP) is 4.40. The van der Waals surface area contributed by atoms with Crippen molar-refractivity contribution in [2.24, 2.45) is 0 Å². The number of hydrogen-bond acceptors (Lipinski definition) is 3. The molecule has 0 radical (unpaired) electrons. The predicted molar refractivity (Wildman–Crippen MR) is 87.5 cm³/mol. The minimum Gasteiger partial charge on any atom is -0.497 e. The van der Waals surface area contributed by atoms with E-state index in [0.717, 1.165) is 11.6 Å². The Labute approximate surface area is 142 Å². The number of methoxy groups -OCH3 is 1. The molecule has 0 aliphatic carbocycles. The maximum Gasteiger partial charge on any atom is 0.455 e. The molecule has 0 unspecified atom stereocenters. The van der Waals surface area contributed by atoms with Gasteiger partial charge in [-0.15, -0.1) is 0 Å². The monoisotopic (exact) mass is 348 g/mol. The molecule has 0 fully saturated rings. The largest absolute Gasteiger partial charge is 0.497 e. The number of benzene rings is 2. The third-order valence-electron chi connectivity index (χ3n) is 3.49. The quantitative estimate of drug-likeness (QED) is 0.348. The zero-order valence-electron chi connectivity index (χ0n) is 13.6. The Balaban J connectivity index is 2.48. The number of allylic oxidation sites excluding steroid dienone is 1. The molecule has 0 bridgehead atoms. The van der Waals surface area contributed by atoms with Crippen LogP contribution in [0.4, 0.5) is 13.2 Å². The summed E-state index contributed by atoms with van der Waals surface area (Å²) in [6.45, 7) is 1.78. The van der Waals surface area contributed by atoms with Gasteiger partial charge in [-0.25, -0.2) is 0 Å². The van der Waals surface area contributed by atoms with E-state index in [4.69, 9.17) is 4.74 Å². The van der Waals surface area contributed by atoms with E-state index in [-0.39, 0.29) is 11.1 Å². The van der Waals surface area contributed by atoms with Gasteiger partial charge in [0, 0.05) is 5.56 Å². The first-order valence-electron chi connectivity index (χ1n) is 7.31. The molecule has 2 aromatic carbocycles. The Hall–Kier alpha value is -2.89. The average molecular weight is 348 g/mol. The van der Waals surface area contributed by atoms with Gasteiger partial charge in [0.25, 0.3) is 5.78 Å². The second-order valence-corrected chi connectivity index (χ2v) is 5.35. The zero-order valence-corrected chi connectivity index (χ0v) is 13.6. The zero-order chi connectivity index (χ0) is 18.6. The number of Topliss-reactive ketones (excluding diaryl/α,β-unsaturated/α-hetero) is 2. The van der Waals surface area contributed by atoms with Crippen LogP contribution >= 0.6 is 0 Å². The molecule has 0 amide bonds. The van der Waals surface area contributed by atoms with Crippen LogP contribution in [0.3, 0.4) is 0 Å². The summed E-state index contributed by atoms with van der Waals surface area (Å²) in [5.74, 6) is -2.64. The summed E-state index contributed by atoms with van der Waals surface area (Å²) in [5, 5.41) is 0. The van der Waals surface area contributed by atoms with Crippen LogP contribution in [0.15, 0.2) is 54.1 Å². The van der Waals surface area contributed by atoms with E-state index in [2.05, 4.69) is 0 Å². The van der Waals surface area contributed by atoms with E-state index in [1.807, 2.05) is 0 Å². The van der Waals surface area contributed by atoms with Gasteiger partial charge in [0.15, 0.2) is 5.78 Å². The lowest BCUT2D eigenvalue weighted by Crippen LogP contribution is -2.28. The van der Waals surface area contributed by atoms with Gasteiger partial charge in [0.2, 0.25) is 0 Å². The third-order valence-corrected chi connectivity index (χ3v) is 3.49. The molecule has 0 aliphatic heterocycles. The van der Waals surface area contributed by atoms with Crippen LogP contribution in [0.2, 0.25) is 0 Å². The number of ketones is 2. The van der Waals surface area contributed by atoms with Crippen LogP contribution in [-0.4, -0.2) is 24.9 Å². The number of aryl methyl sites for hydroxylation is 1. The number of carbonyl (C=O) groups is 2. The van der Waals surface area contributed by atoms with E-state index < -0.39 is 23.3 Å². The van der Waals surface area contributed by atoms with Crippen molar-refractivity contribution in [1.29, 1.82) is 0 Å². The minimum atomic E-state index is -5.14. The van der Waals surface area contributed by atoms with Gasteiger partial charge in [-0.05, 0) is 30.7 Å². The van der Waals surface area contributed by atoms with Crippen LogP contribution in [-0.2, 0) is 4.79 Å². The van der Waals surface area contributed by atoms with E-state index in [1.165, 1.54) is 43.5 Å². The van der Waals surface area contributed by atoms with E-state index >= 15 is 0 Å². The molecular formula is C19H15F3O3. The van der Waals surface area contributed by atoms with Crippen LogP contribution < -0.4 is 4.74 Å². The van der Waals surface area contributed by atoms with Crippen molar-refractivity contribution < 1.29 is 27.5 Å². The molecule has 25 heavy (non-hydrogen) atoms. The molecule has 0 saturated heterocycles. The van der Waals surface area contributed by atoms with Gasteiger partial charge in [0.05, 0.1) is 12.7 Å². The van der Waals surface area contributed by atoms with Crippen molar-refractivity contribution in [2.45, 2.75) is 13.1 Å². The van der Waals surface area contributed by atoms with Gasteiger partial charge in [-0.3, -0.25) is 9.59 Å². The van der Waals surface area contributed by atoms with Crippen molar-refractivity contribution in [3.05, 3.63) is 70.8 Å². The first-order valence-corrected chi connectivity index (χ1v) is 7.31. The molecule has 2 rings (SSSR count). The normalized spacial score (nSPS) is 12.0. The minimum absolute atomic E-state index is 0.0166. The van der Waals surface area contributed by atoms with Crippen molar-refractivity contribution >= 4 is 17.6 Å². The summed E-state index contributed by atoms with van der Waals surface area (Å²) < 4.78 is 43.7. The van der Waals surface area contributed by atoms with Crippen molar-refractivity contribution in [1.82, 2.24) is 0 Å². The SMILES string of the molecule is COc1ccc(/C=C(/C(=O)c2ccc(C)cc2)C(=O)C(F)(F)F)cc1. The Kier molecular flexibility index (Phi) is 5.41. The fourth-order valence-corrected chi connectivity index (χ4v) is 2.11. The second-order valence-electron chi connectivity index (χ2n) is 5.35. The van der Waals surface area contributed by atoms with Crippen LogP contribution in [0.1, 0.15) is 21.5 Å². The average Bonchev–Trinajstić information content (AvgIpc) is 2.59. The molecule has 6 heteroatoms. The number of alkyl halides is 3. The number of rotatable bonds is 5. The van der Waals surface area contributed by atoms with Crippen LogP contribution in [0.5, 0.6) is 5.75 Å². The van der Waals surface area contributed by atoms with Crippen molar-refractivity contribution in [3.63, 3.8) is 0 Å². The fourth-order valence-electron chi connectivity index (χ4n) is 2.11. The molecule has 0 aliphatic rings. The first kappa shape index (κ1) is 18.4. The van der Waals surface area contributed by atoms with Gasteiger partial charge < -0.3 is 4.74 Å². The maximum absolute atomic E-state index is 12.9. The number of carbonyl (C=O) groups excluding carboxylic acids is 2. The highest BCUT2D eigenvalue weighted by atomic mass is 19.4. The fraction of sp³-hybridized carbons (Fsp3) is 0.158. The molecule has 0 aromatic heterocycles. The first-order chi connectivity index (χ1) is 11.7. The standard InChI is InChI=1S/C19H15F3O3/c1-12-3-7-14(8-4-12)17(23)16(18(24)19(20,21)22)11-13-5-9-15(25-2)10-6-13/h3-11H,1-2H3/b16-11-. The Bertz CT molecular complexity index is 801. The number of hydrogen-bond donors (Lipinski definition) is 0. The maximum atomic E-state index is 12.9. The number of halogens is 3. The topological polar surface area (TPSA) is 43.4 Å². The van der Waals surface area contributed by atoms with E-state index in [0.29, 0.717) is 5.75 Å². The lowest BCUT2D eigenvalue weighted by molar-refractivity contribution is -0.166. The molecular weight excluding hydrogens is 333 g/mol. The summed E-state index contributed by atoms with van der Waals surface area (Å²) >= 11 is 0. The second kappa shape index (κ2) is 7.34. The van der Waals surface area contributed by atoms with E-state index in [1.54, 1.807) is 19.1 Å². The van der Waals surface area contributed by atoms with Gasteiger partial charge in [-0.1, -0.05) is 42.0 Å². The van der Waals surface area contributed by atoms with Crippen LogP contribution in [0, 0.1) is 6.92 Å². The molecule has 0 heterocycles. The molecule has 0 atom stereocenters. The molecule has 0 spiro atoms. The Morgan fingerprint density at radius 3 is 2.00 bits per heavy atom. The lowest BCUT2D eigenvalue weighted by atomic mass is 9.96. The van der Waals surface area contributed by atoms with Gasteiger partial charge in [0.1, 0.15) is 5.75 Å². The lowest BCUT2D eigenvalue weighted by Gasteiger charge is -2.10. The molecule has 2 aromatic rings. The molecule has 0 N–H and O–H groups in total. The summed E-state index contributed by atoms with van der Waals surface area (Å²) in [7, 11) is 1.45. The smallest absolute Gasteiger partial charge is 0.455 e. The van der Waals surface area contributed by atoms with Crippen molar-refractivity contribution in [3.8, 4) is 5.75 Å². The number of ether oxygens (including phenoxy) is 1. The summed E-state index contributed by atoms with van der Waals surface area (Å²) in [4.78, 5) is 24.2. The van der Waals surface area contributed by atoms with Gasteiger partial charge >= 0.3 is 6.18 Å². The highest BCUT2D eigenvalue weighted by molar-refractivity contribution is 6.30. The molecule has 0 saturated carbocycles. The van der Waals surface area contributed by atoms with Crippen molar-refractivity contribution in [2.75, 3.05) is 7.11 Å².